The summed E-state index contributed by atoms with van der Waals surface area (Å²) in [4.78, 5) is 0. The minimum atomic E-state index is 0.623. The van der Waals surface area contributed by atoms with Crippen molar-refractivity contribution in [3.05, 3.63) is 53.6 Å². The van der Waals surface area contributed by atoms with Crippen molar-refractivity contribution in [3.8, 4) is 11.1 Å². The third-order valence-corrected chi connectivity index (χ3v) is 5.76. The standard InChI is InChI=1S/C13H9.In.2H/c1-3-7-12-10(5-1)9-11-6-2-4-8-13(11)12;;;/h1-5,7-8H,9H2;;;. The van der Waals surface area contributed by atoms with Gasteiger partial charge < -0.3 is 0 Å². The molecule has 0 N–H and O–H groups in total. The van der Waals surface area contributed by atoms with Gasteiger partial charge in [0.25, 0.3) is 0 Å². The van der Waals surface area contributed by atoms with Crippen molar-refractivity contribution in [2.24, 2.45) is 0 Å². The van der Waals surface area contributed by atoms with Gasteiger partial charge in [0.2, 0.25) is 0 Å². The van der Waals surface area contributed by atoms with Crippen molar-refractivity contribution in [1.29, 1.82) is 0 Å². The first kappa shape index (κ1) is 8.60. The van der Waals surface area contributed by atoms with Gasteiger partial charge in [-0.3, -0.25) is 0 Å². The average molecular weight is 282 g/mol. The van der Waals surface area contributed by atoms with Crippen molar-refractivity contribution in [1.82, 2.24) is 0 Å². The van der Waals surface area contributed by atoms with Crippen LogP contribution in [0.1, 0.15) is 11.1 Å². The van der Waals surface area contributed by atoms with Gasteiger partial charge in [-0.1, -0.05) is 0 Å². The van der Waals surface area contributed by atoms with Crippen LogP contribution in [0.5, 0.6) is 0 Å². The summed E-state index contributed by atoms with van der Waals surface area (Å²) in [7, 11) is 0. The molecule has 3 rings (SSSR count). The van der Waals surface area contributed by atoms with Crippen molar-refractivity contribution in [3.63, 3.8) is 0 Å². The van der Waals surface area contributed by atoms with Gasteiger partial charge in [-0.25, -0.2) is 0 Å². The van der Waals surface area contributed by atoms with E-state index < -0.39 is 0 Å². The van der Waals surface area contributed by atoms with E-state index in [1.807, 2.05) is 0 Å². The molecule has 14 heavy (non-hydrogen) atoms. The van der Waals surface area contributed by atoms with Crippen molar-refractivity contribution < 1.29 is 0 Å². The Kier molecular flexibility index (Phi) is 1.94. The molecule has 1 aliphatic carbocycles. The van der Waals surface area contributed by atoms with E-state index in [1.54, 1.807) is 8.88 Å². The van der Waals surface area contributed by atoms with Gasteiger partial charge in [-0.05, 0) is 0 Å². The molecule has 66 valence electrons. The Hall–Kier alpha value is -0.690. The molecule has 0 fully saturated rings. The Morgan fingerprint density at radius 1 is 0.857 bits per heavy atom. The Bertz CT molecular complexity index is 500. The van der Waals surface area contributed by atoms with Crippen LogP contribution in [-0.2, 0) is 6.42 Å². The van der Waals surface area contributed by atoms with Gasteiger partial charge in [0.1, 0.15) is 0 Å². The Morgan fingerprint density at radius 2 is 1.64 bits per heavy atom. The number of fused-ring (bicyclic) bond motifs is 3. The monoisotopic (exact) mass is 282 g/mol. The van der Waals surface area contributed by atoms with Crippen LogP contribution in [0.15, 0.2) is 42.5 Å². The fourth-order valence-corrected chi connectivity index (χ4v) is 4.14. The van der Waals surface area contributed by atoms with Crippen molar-refractivity contribution >= 4 is 27.7 Å². The normalized spacial score (nSPS) is 12.3. The van der Waals surface area contributed by atoms with E-state index in [1.165, 1.54) is 16.7 Å². The molecule has 2 aromatic rings. The third-order valence-electron chi connectivity index (χ3n) is 3.09. The first-order valence-corrected chi connectivity index (χ1v) is 7.88. The second-order valence-corrected chi connectivity index (χ2v) is 7.01. The Balaban J connectivity index is 2.33. The summed E-state index contributed by atoms with van der Waals surface area (Å²) in [5.41, 5.74) is 6.04. The second kappa shape index (κ2) is 3.16. The molecule has 0 heterocycles. The van der Waals surface area contributed by atoms with E-state index >= 15 is 0 Å². The molecular weight excluding hydrogens is 271 g/mol. The predicted molar refractivity (Wildman–Crippen MR) is 62.9 cm³/mol. The third kappa shape index (κ3) is 1.15. The van der Waals surface area contributed by atoms with Gasteiger partial charge in [0.05, 0.1) is 0 Å². The number of hydrogen-bond donors (Lipinski definition) is 0. The average Bonchev–Trinajstić information content (AvgIpc) is 2.59. The molecule has 2 aromatic carbocycles. The predicted octanol–water partition coefficient (Wildman–Crippen LogP) is 1.52. The summed E-state index contributed by atoms with van der Waals surface area (Å²) in [5.74, 6) is 0. The first-order valence-electron chi connectivity index (χ1n) is 5.03. The van der Waals surface area contributed by atoms with E-state index in [0.29, 0.717) is 24.4 Å². The molecule has 1 heteroatoms. The second-order valence-electron chi connectivity index (χ2n) is 3.93. The number of hydrogen-bond acceptors (Lipinski definition) is 0. The van der Waals surface area contributed by atoms with Crippen LogP contribution in [0.25, 0.3) is 11.1 Å². The van der Waals surface area contributed by atoms with Crippen LogP contribution in [0, 0.1) is 0 Å². The van der Waals surface area contributed by atoms with Gasteiger partial charge in [0.15, 0.2) is 0 Å². The zero-order valence-electron chi connectivity index (χ0n) is 8.25. The molecule has 0 aromatic heterocycles. The molecule has 0 radical (unpaired) electrons. The van der Waals surface area contributed by atoms with E-state index in [-0.39, 0.29) is 0 Å². The summed E-state index contributed by atoms with van der Waals surface area (Å²) in [5, 5.41) is 0. The van der Waals surface area contributed by atoms with E-state index in [9.17, 15) is 0 Å². The number of benzene rings is 2. The summed E-state index contributed by atoms with van der Waals surface area (Å²) < 4.78 is 1.63. The molecule has 0 saturated carbocycles. The van der Waals surface area contributed by atoms with Gasteiger partial charge >= 0.3 is 98.8 Å². The zero-order chi connectivity index (χ0) is 9.54. The van der Waals surface area contributed by atoms with Crippen molar-refractivity contribution in [2.45, 2.75) is 6.42 Å². The zero-order valence-corrected chi connectivity index (χ0v) is 14.0. The molecule has 1 aliphatic rings. The van der Waals surface area contributed by atoms with Crippen molar-refractivity contribution in [2.75, 3.05) is 0 Å². The quantitative estimate of drug-likeness (QED) is 0.586. The van der Waals surface area contributed by atoms with E-state index in [2.05, 4.69) is 42.5 Å². The number of rotatable bonds is 0. The first-order chi connectivity index (χ1) is 6.86. The van der Waals surface area contributed by atoms with Crippen LogP contribution in [0.4, 0.5) is 0 Å². The fourth-order valence-electron chi connectivity index (χ4n) is 2.32. The minimum absolute atomic E-state index is 0.623. The molecule has 0 amide bonds. The fraction of sp³-hybridized carbons (Fsp3) is 0.0769. The van der Waals surface area contributed by atoms with Gasteiger partial charge in [0, 0.05) is 0 Å². The van der Waals surface area contributed by atoms with E-state index in [0.717, 1.165) is 6.42 Å². The van der Waals surface area contributed by atoms with Crippen LogP contribution < -0.4 is 3.32 Å². The molecule has 0 spiro atoms. The summed E-state index contributed by atoms with van der Waals surface area (Å²) in [6.45, 7) is 0. The summed E-state index contributed by atoms with van der Waals surface area (Å²) in [6, 6.07) is 15.5. The molecule has 0 aliphatic heterocycles. The summed E-state index contributed by atoms with van der Waals surface area (Å²) in [6.07, 6.45) is 1.16. The van der Waals surface area contributed by atoms with Crippen LogP contribution >= 0.6 is 0 Å². The topological polar surface area (TPSA) is 0 Å². The molecular formula is C13H11In. The van der Waals surface area contributed by atoms with Crippen LogP contribution in [0.2, 0.25) is 0 Å². The Morgan fingerprint density at radius 3 is 2.57 bits per heavy atom. The maximum atomic E-state index is 2.29. The van der Waals surface area contributed by atoms with Gasteiger partial charge in [-0.2, -0.15) is 0 Å². The maximum absolute atomic E-state index is 2.29. The molecule has 0 saturated heterocycles. The van der Waals surface area contributed by atoms with Crippen LogP contribution in [-0.4, -0.2) is 24.4 Å². The van der Waals surface area contributed by atoms with Crippen LogP contribution in [0.3, 0.4) is 0 Å². The molecule has 0 bridgehead atoms. The van der Waals surface area contributed by atoms with Gasteiger partial charge in [-0.15, -0.1) is 0 Å². The van der Waals surface area contributed by atoms with E-state index in [4.69, 9.17) is 0 Å². The molecule has 0 atom stereocenters. The SMILES string of the molecule is [InH2][c]1cccc2c1Cc1ccccc1-2. The molecule has 0 nitrogen and oxygen atoms in total. The molecule has 0 unspecified atom stereocenters. The Labute approximate surface area is 98.5 Å². The summed E-state index contributed by atoms with van der Waals surface area (Å²) >= 11 is 0.623.